The Kier molecular flexibility index (Phi) is 4.50. The minimum Gasteiger partial charge on any atom is -0.357 e. The zero-order chi connectivity index (χ0) is 12.9. The van der Waals surface area contributed by atoms with Crippen LogP contribution in [0, 0.1) is 16.7 Å². The van der Waals surface area contributed by atoms with E-state index in [0.29, 0.717) is 12.8 Å². The van der Waals surface area contributed by atoms with E-state index in [0.717, 1.165) is 19.3 Å². The second kappa shape index (κ2) is 5.67. The SMILES string of the molecule is CNC(=O)C(C)NC(=O)C1(C#N)CCCCC1. The monoisotopic (exact) mass is 237 g/mol. The molecule has 0 aromatic rings. The zero-order valence-corrected chi connectivity index (χ0v) is 10.4. The molecule has 1 aliphatic carbocycles. The van der Waals surface area contributed by atoms with Crippen molar-refractivity contribution in [1.29, 1.82) is 5.26 Å². The largest absolute Gasteiger partial charge is 0.357 e. The Labute approximate surface area is 102 Å². The van der Waals surface area contributed by atoms with E-state index in [9.17, 15) is 14.9 Å². The first-order valence-corrected chi connectivity index (χ1v) is 5.99. The summed E-state index contributed by atoms with van der Waals surface area (Å²) >= 11 is 0. The Balaban J connectivity index is 2.67. The number of amides is 2. The zero-order valence-electron chi connectivity index (χ0n) is 10.4. The Bertz CT molecular complexity index is 340. The van der Waals surface area contributed by atoms with Gasteiger partial charge >= 0.3 is 0 Å². The topological polar surface area (TPSA) is 82.0 Å². The predicted molar refractivity (Wildman–Crippen MR) is 62.8 cm³/mol. The van der Waals surface area contributed by atoms with Crippen LogP contribution in [0.2, 0.25) is 0 Å². The lowest BCUT2D eigenvalue weighted by atomic mass is 9.74. The number of carbonyl (C=O) groups excluding carboxylic acids is 2. The van der Waals surface area contributed by atoms with Crippen molar-refractivity contribution >= 4 is 11.8 Å². The summed E-state index contributed by atoms with van der Waals surface area (Å²) in [7, 11) is 1.52. The summed E-state index contributed by atoms with van der Waals surface area (Å²) in [6.45, 7) is 1.62. The summed E-state index contributed by atoms with van der Waals surface area (Å²) in [5.41, 5.74) is -0.930. The van der Waals surface area contributed by atoms with E-state index in [1.165, 1.54) is 7.05 Å². The highest BCUT2D eigenvalue weighted by Crippen LogP contribution is 2.35. The van der Waals surface area contributed by atoms with Crippen LogP contribution in [0.15, 0.2) is 0 Å². The maximum absolute atomic E-state index is 12.1. The van der Waals surface area contributed by atoms with E-state index in [4.69, 9.17) is 0 Å². The van der Waals surface area contributed by atoms with Crippen molar-refractivity contribution < 1.29 is 9.59 Å². The van der Waals surface area contributed by atoms with E-state index in [1.54, 1.807) is 6.92 Å². The lowest BCUT2D eigenvalue weighted by Gasteiger charge is -2.30. The maximum atomic E-state index is 12.1. The number of likely N-dealkylation sites (N-methyl/N-ethyl adjacent to an activating group) is 1. The van der Waals surface area contributed by atoms with Crippen LogP contribution >= 0.6 is 0 Å². The van der Waals surface area contributed by atoms with E-state index in [2.05, 4.69) is 16.7 Å². The standard InChI is InChI=1S/C12H19N3O2/c1-9(10(16)14-2)15-11(17)12(8-13)6-4-3-5-7-12/h9H,3-7H2,1-2H3,(H,14,16)(H,15,17). The smallest absolute Gasteiger partial charge is 0.242 e. The van der Waals surface area contributed by atoms with Gasteiger partial charge in [0.15, 0.2) is 0 Å². The second-order valence-corrected chi connectivity index (χ2v) is 4.56. The van der Waals surface area contributed by atoms with Crippen LogP contribution in [0.25, 0.3) is 0 Å². The first-order valence-electron chi connectivity index (χ1n) is 5.99. The quantitative estimate of drug-likeness (QED) is 0.758. The molecule has 1 unspecified atom stereocenters. The Morgan fingerprint density at radius 3 is 2.35 bits per heavy atom. The van der Waals surface area contributed by atoms with Gasteiger partial charge in [0.05, 0.1) is 6.07 Å². The lowest BCUT2D eigenvalue weighted by molar-refractivity contribution is -0.133. The van der Waals surface area contributed by atoms with Crippen molar-refractivity contribution in [3.8, 4) is 6.07 Å². The van der Waals surface area contributed by atoms with Gasteiger partial charge in [0.1, 0.15) is 11.5 Å². The molecule has 0 spiro atoms. The average molecular weight is 237 g/mol. The number of nitrogens with zero attached hydrogens (tertiary/aromatic N) is 1. The Morgan fingerprint density at radius 1 is 1.29 bits per heavy atom. The molecule has 1 aliphatic rings. The summed E-state index contributed by atoms with van der Waals surface area (Å²) < 4.78 is 0. The Hall–Kier alpha value is -1.57. The third kappa shape index (κ3) is 2.96. The van der Waals surface area contributed by atoms with Gasteiger partial charge in [-0.2, -0.15) is 5.26 Å². The van der Waals surface area contributed by atoms with Crippen LogP contribution in [0.4, 0.5) is 0 Å². The highest BCUT2D eigenvalue weighted by Gasteiger charge is 2.40. The van der Waals surface area contributed by atoms with Crippen molar-refractivity contribution in [3.63, 3.8) is 0 Å². The molecule has 0 aromatic carbocycles. The van der Waals surface area contributed by atoms with Crippen molar-refractivity contribution in [2.75, 3.05) is 7.05 Å². The highest BCUT2D eigenvalue weighted by atomic mass is 16.2. The fraction of sp³-hybridized carbons (Fsp3) is 0.750. The van der Waals surface area contributed by atoms with Gasteiger partial charge in [0.2, 0.25) is 11.8 Å². The number of nitrogens with one attached hydrogen (secondary N) is 2. The lowest BCUT2D eigenvalue weighted by Crippen LogP contribution is -2.50. The van der Waals surface area contributed by atoms with Gasteiger partial charge in [-0.1, -0.05) is 19.3 Å². The van der Waals surface area contributed by atoms with Crippen LogP contribution < -0.4 is 10.6 Å². The van der Waals surface area contributed by atoms with Crippen LogP contribution in [-0.4, -0.2) is 24.9 Å². The number of hydrogen-bond donors (Lipinski definition) is 2. The van der Waals surface area contributed by atoms with Crippen LogP contribution in [0.5, 0.6) is 0 Å². The van der Waals surface area contributed by atoms with Gasteiger partial charge in [-0.3, -0.25) is 9.59 Å². The van der Waals surface area contributed by atoms with Crippen molar-refractivity contribution in [3.05, 3.63) is 0 Å². The third-order valence-electron chi connectivity index (χ3n) is 3.34. The van der Waals surface area contributed by atoms with Gasteiger partial charge in [0, 0.05) is 7.05 Å². The van der Waals surface area contributed by atoms with Crippen LogP contribution in [0.1, 0.15) is 39.0 Å². The summed E-state index contributed by atoms with van der Waals surface area (Å²) in [4.78, 5) is 23.4. The summed E-state index contributed by atoms with van der Waals surface area (Å²) in [6, 6.07) is 1.54. The summed E-state index contributed by atoms with van der Waals surface area (Å²) in [5.74, 6) is -0.557. The fourth-order valence-corrected chi connectivity index (χ4v) is 2.16. The molecule has 5 heteroatoms. The Morgan fingerprint density at radius 2 is 1.88 bits per heavy atom. The molecule has 0 aliphatic heterocycles. The van der Waals surface area contributed by atoms with Gasteiger partial charge in [-0.15, -0.1) is 0 Å². The van der Waals surface area contributed by atoms with Gasteiger partial charge in [-0.05, 0) is 19.8 Å². The molecular formula is C12H19N3O2. The molecule has 0 bridgehead atoms. The van der Waals surface area contributed by atoms with E-state index in [-0.39, 0.29) is 11.8 Å². The molecule has 2 amide bonds. The first kappa shape index (κ1) is 13.5. The molecular weight excluding hydrogens is 218 g/mol. The molecule has 17 heavy (non-hydrogen) atoms. The number of nitriles is 1. The van der Waals surface area contributed by atoms with Gasteiger partial charge < -0.3 is 10.6 Å². The molecule has 94 valence electrons. The van der Waals surface area contributed by atoms with Crippen LogP contribution in [-0.2, 0) is 9.59 Å². The number of rotatable bonds is 3. The molecule has 2 N–H and O–H groups in total. The predicted octanol–water partition coefficient (Wildman–Crippen LogP) is 0.711. The van der Waals surface area contributed by atoms with Crippen molar-refractivity contribution in [2.45, 2.75) is 45.1 Å². The van der Waals surface area contributed by atoms with E-state index >= 15 is 0 Å². The third-order valence-corrected chi connectivity index (χ3v) is 3.34. The minimum atomic E-state index is -0.930. The number of hydrogen-bond acceptors (Lipinski definition) is 3. The summed E-state index contributed by atoms with van der Waals surface area (Å²) in [6.07, 6.45) is 4.05. The van der Waals surface area contributed by atoms with Crippen molar-refractivity contribution in [1.82, 2.24) is 10.6 Å². The molecule has 1 rings (SSSR count). The highest BCUT2D eigenvalue weighted by molar-refractivity contribution is 5.91. The molecule has 5 nitrogen and oxygen atoms in total. The van der Waals surface area contributed by atoms with E-state index in [1.807, 2.05) is 0 Å². The number of carbonyl (C=O) groups is 2. The average Bonchev–Trinajstić information content (AvgIpc) is 2.38. The minimum absolute atomic E-state index is 0.248. The molecule has 0 radical (unpaired) electrons. The maximum Gasteiger partial charge on any atom is 0.242 e. The molecule has 0 heterocycles. The molecule has 1 atom stereocenters. The van der Waals surface area contributed by atoms with Gasteiger partial charge in [0.25, 0.3) is 0 Å². The van der Waals surface area contributed by atoms with Gasteiger partial charge in [-0.25, -0.2) is 0 Å². The summed E-state index contributed by atoms with van der Waals surface area (Å²) in [5, 5.41) is 14.3. The molecule has 1 saturated carbocycles. The molecule has 0 aromatic heterocycles. The molecule has 1 fully saturated rings. The fourth-order valence-electron chi connectivity index (χ4n) is 2.16. The van der Waals surface area contributed by atoms with Crippen LogP contribution in [0.3, 0.4) is 0 Å². The second-order valence-electron chi connectivity index (χ2n) is 4.56. The van der Waals surface area contributed by atoms with E-state index < -0.39 is 11.5 Å². The molecule has 0 saturated heterocycles. The normalized spacial score (nSPS) is 19.8. The first-order chi connectivity index (χ1) is 8.05. The van der Waals surface area contributed by atoms with Crippen molar-refractivity contribution in [2.24, 2.45) is 5.41 Å².